The van der Waals surface area contributed by atoms with Crippen LogP contribution in [-0.2, 0) is 4.74 Å². The highest BCUT2D eigenvalue weighted by molar-refractivity contribution is 8.00. The minimum absolute atomic E-state index is 0.206. The molecule has 0 aromatic rings. The predicted molar refractivity (Wildman–Crippen MR) is 71.1 cm³/mol. The number of nitrogens with one attached hydrogen (secondary N) is 1. The van der Waals surface area contributed by atoms with Crippen LogP contribution in [0.2, 0.25) is 0 Å². The van der Waals surface area contributed by atoms with Crippen molar-refractivity contribution in [2.24, 2.45) is 10.7 Å². The Hall–Kier alpha value is -0.420. The third kappa shape index (κ3) is 4.61. The molecule has 1 rings (SSSR count). The predicted octanol–water partition coefficient (Wildman–Crippen LogP) is 1.21. The highest BCUT2D eigenvalue weighted by Gasteiger charge is 2.29. The number of methoxy groups -OCH3 is 1. The van der Waals surface area contributed by atoms with Gasteiger partial charge in [-0.25, -0.2) is 0 Å². The zero-order valence-electron chi connectivity index (χ0n) is 10.5. The zero-order chi connectivity index (χ0) is 12.0. The van der Waals surface area contributed by atoms with E-state index in [1.807, 2.05) is 18.7 Å². The summed E-state index contributed by atoms with van der Waals surface area (Å²) in [6.07, 6.45) is 2.53. The van der Waals surface area contributed by atoms with Crippen molar-refractivity contribution in [3.63, 3.8) is 0 Å². The summed E-state index contributed by atoms with van der Waals surface area (Å²) in [6.45, 7) is 5.73. The fourth-order valence-electron chi connectivity index (χ4n) is 1.80. The van der Waals surface area contributed by atoms with E-state index in [1.54, 1.807) is 7.11 Å². The first-order valence-electron chi connectivity index (χ1n) is 5.75. The van der Waals surface area contributed by atoms with Gasteiger partial charge < -0.3 is 15.8 Å². The monoisotopic (exact) mass is 245 g/mol. The first-order valence-corrected chi connectivity index (χ1v) is 6.74. The maximum atomic E-state index is 5.82. The molecule has 94 valence electrons. The second kappa shape index (κ2) is 6.35. The van der Waals surface area contributed by atoms with Crippen molar-refractivity contribution in [3.8, 4) is 0 Å². The number of nitrogens with two attached hydrogens (primary N) is 1. The number of nitrogens with zero attached hydrogens (tertiary/aromatic N) is 1. The van der Waals surface area contributed by atoms with Crippen LogP contribution in [0.5, 0.6) is 0 Å². The average molecular weight is 245 g/mol. The second-order valence-electron chi connectivity index (χ2n) is 4.60. The molecule has 0 amide bonds. The van der Waals surface area contributed by atoms with Crippen LogP contribution in [0.15, 0.2) is 4.99 Å². The van der Waals surface area contributed by atoms with Crippen molar-refractivity contribution in [3.05, 3.63) is 0 Å². The summed E-state index contributed by atoms with van der Waals surface area (Å²) < 4.78 is 5.31. The zero-order valence-corrected chi connectivity index (χ0v) is 11.3. The Morgan fingerprint density at radius 2 is 2.44 bits per heavy atom. The van der Waals surface area contributed by atoms with Crippen LogP contribution in [0.1, 0.15) is 26.7 Å². The quantitative estimate of drug-likeness (QED) is 0.564. The Labute approximate surface area is 102 Å². The summed E-state index contributed by atoms with van der Waals surface area (Å²) in [7, 11) is 1.68. The summed E-state index contributed by atoms with van der Waals surface area (Å²) in [5.41, 5.74) is 5.82. The SMILES string of the molecule is COCC(C)NC(N)=NCC1(C)CCCS1. The molecule has 0 aromatic heterocycles. The van der Waals surface area contributed by atoms with Gasteiger partial charge in [0.1, 0.15) is 0 Å². The van der Waals surface area contributed by atoms with Gasteiger partial charge in [-0.3, -0.25) is 4.99 Å². The van der Waals surface area contributed by atoms with E-state index >= 15 is 0 Å². The van der Waals surface area contributed by atoms with Gasteiger partial charge in [0.15, 0.2) is 5.96 Å². The summed E-state index contributed by atoms with van der Waals surface area (Å²) in [4.78, 5) is 4.41. The molecule has 0 saturated carbocycles. The van der Waals surface area contributed by atoms with Crippen LogP contribution >= 0.6 is 11.8 Å². The fourth-order valence-corrected chi connectivity index (χ4v) is 3.03. The maximum absolute atomic E-state index is 5.82. The molecule has 16 heavy (non-hydrogen) atoms. The van der Waals surface area contributed by atoms with Crippen LogP contribution in [-0.4, -0.2) is 42.8 Å². The highest BCUT2D eigenvalue weighted by atomic mass is 32.2. The maximum Gasteiger partial charge on any atom is 0.188 e. The molecule has 1 heterocycles. The average Bonchev–Trinajstić information content (AvgIpc) is 2.63. The molecule has 5 heteroatoms. The molecule has 3 N–H and O–H groups in total. The Kier molecular flexibility index (Phi) is 5.41. The van der Waals surface area contributed by atoms with Crippen molar-refractivity contribution in [1.29, 1.82) is 0 Å². The van der Waals surface area contributed by atoms with E-state index in [1.165, 1.54) is 18.6 Å². The summed E-state index contributed by atoms with van der Waals surface area (Å²) in [5.74, 6) is 1.78. The van der Waals surface area contributed by atoms with E-state index in [-0.39, 0.29) is 10.8 Å². The molecule has 1 aliphatic rings. The lowest BCUT2D eigenvalue weighted by atomic mass is 10.1. The summed E-state index contributed by atoms with van der Waals surface area (Å²) in [5, 5.41) is 3.12. The number of thioether (sulfide) groups is 1. The van der Waals surface area contributed by atoms with Gasteiger partial charge in [0.2, 0.25) is 0 Å². The molecule has 0 spiro atoms. The van der Waals surface area contributed by atoms with Crippen LogP contribution in [0.4, 0.5) is 0 Å². The molecule has 4 nitrogen and oxygen atoms in total. The third-order valence-electron chi connectivity index (χ3n) is 2.70. The molecule has 1 aliphatic heterocycles. The minimum atomic E-state index is 0.206. The van der Waals surface area contributed by atoms with Crippen molar-refractivity contribution < 1.29 is 4.74 Å². The van der Waals surface area contributed by atoms with Gasteiger partial charge in [-0.15, -0.1) is 0 Å². The normalized spacial score (nSPS) is 28.1. The molecule has 0 aromatic carbocycles. The standard InChI is InChI=1S/C11H23N3OS/c1-9(7-15-3)14-10(12)13-8-11(2)5-4-6-16-11/h9H,4-8H2,1-3H3,(H3,12,13,14). The molecule has 0 radical (unpaired) electrons. The van der Waals surface area contributed by atoms with Crippen LogP contribution in [0, 0.1) is 0 Å². The van der Waals surface area contributed by atoms with E-state index in [0.29, 0.717) is 12.6 Å². The number of aliphatic imine (C=N–C) groups is 1. The van der Waals surface area contributed by atoms with Gasteiger partial charge in [0.05, 0.1) is 13.2 Å². The van der Waals surface area contributed by atoms with Gasteiger partial charge >= 0.3 is 0 Å². The molecular weight excluding hydrogens is 222 g/mol. The Balaban J connectivity index is 2.32. The molecule has 1 saturated heterocycles. The number of hydrogen-bond acceptors (Lipinski definition) is 3. The summed E-state index contributed by atoms with van der Waals surface area (Å²) in [6, 6.07) is 0.206. The third-order valence-corrected chi connectivity index (χ3v) is 4.22. The largest absolute Gasteiger partial charge is 0.383 e. The van der Waals surface area contributed by atoms with E-state index in [9.17, 15) is 0 Å². The molecule has 2 unspecified atom stereocenters. The molecule has 2 atom stereocenters. The van der Waals surface area contributed by atoms with E-state index in [0.717, 1.165) is 6.54 Å². The van der Waals surface area contributed by atoms with Gasteiger partial charge in [0.25, 0.3) is 0 Å². The lowest BCUT2D eigenvalue weighted by Gasteiger charge is -2.20. The smallest absolute Gasteiger partial charge is 0.188 e. The molecule has 1 fully saturated rings. The van der Waals surface area contributed by atoms with Crippen molar-refractivity contribution >= 4 is 17.7 Å². The lowest BCUT2D eigenvalue weighted by molar-refractivity contribution is 0.179. The summed E-state index contributed by atoms with van der Waals surface area (Å²) >= 11 is 2.00. The highest BCUT2D eigenvalue weighted by Crippen LogP contribution is 2.37. The van der Waals surface area contributed by atoms with Crippen LogP contribution < -0.4 is 11.1 Å². The molecular formula is C11H23N3OS. The van der Waals surface area contributed by atoms with Gasteiger partial charge in [0, 0.05) is 17.9 Å². The first-order chi connectivity index (χ1) is 7.56. The van der Waals surface area contributed by atoms with Crippen molar-refractivity contribution in [2.45, 2.75) is 37.5 Å². The number of guanidine groups is 1. The van der Waals surface area contributed by atoms with Crippen LogP contribution in [0.3, 0.4) is 0 Å². The fraction of sp³-hybridized carbons (Fsp3) is 0.909. The van der Waals surface area contributed by atoms with Gasteiger partial charge in [-0.05, 0) is 32.4 Å². The van der Waals surface area contributed by atoms with E-state index < -0.39 is 0 Å². The molecule has 0 bridgehead atoms. The number of ether oxygens (including phenoxy) is 1. The Bertz CT molecular complexity index is 239. The number of rotatable bonds is 5. The van der Waals surface area contributed by atoms with E-state index in [4.69, 9.17) is 10.5 Å². The Morgan fingerprint density at radius 3 is 3.00 bits per heavy atom. The number of hydrogen-bond donors (Lipinski definition) is 2. The van der Waals surface area contributed by atoms with Gasteiger partial charge in [-0.2, -0.15) is 11.8 Å². The minimum Gasteiger partial charge on any atom is -0.383 e. The van der Waals surface area contributed by atoms with Crippen molar-refractivity contribution in [2.75, 3.05) is 26.0 Å². The second-order valence-corrected chi connectivity index (χ2v) is 6.29. The topological polar surface area (TPSA) is 59.6 Å². The van der Waals surface area contributed by atoms with Gasteiger partial charge in [-0.1, -0.05) is 0 Å². The first kappa shape index (κ1) is 13.6. The lowest BCUT2D eigenvalue weighted by Crippen LogP contribution is -2.41. The Morgan fingerprint density at radius 1 is 1.69 bits per heavy atom. The van der Waals surface area contributed by atoms with E-state index in [2.05, 4.69) is 17.2 Å². The van der Waals surface area contributed by atoms with Crippen LogP contribution in [0.25, 0.3) is 0 Å². The van der Waals surface area contributed by atoms with Crippen molar-refractivity contribution in [1.82, 2.24) is 5.32 Å². The molecule has 0 aliphatic carbocycles.